The van der Waals surface area contributed by atoms with Crippen LogP contribution < -0.4 is 21.5 Å². The summed E-state index contributed by atoms with van der Waals surface area (Å²) in [4.78, 5) is 13.8. The number of para-hydroxylation sites is 1. The molecule has 0 fully saturated rings. The van der Waals surface area contributed by atoms with Crippen molar-refractivity contribution < 1.29 is 4.79 Å². The van der Waals surface area contributed by atoms with E-state index in [0.29, 0.717) is 0 Å². The van der Waals surface area contributed by atoms with Crippen molar-refractivity contribution in [1.82, 2.24) is 5.43 Å². The molecule has 0 aliphatic rings. The maximum Gasteiger partial charge on any atom is 0.333 e. The van der Waals surface area contributed by atoms with Gasteiger partial charge in [-0.15, -0.1) is 0 Å². The summed E-state index contributed by atoms with van der Waals surface area (Å²) in [7, 11) is 2.04. The van der Waals surface area contributed by atoms with E-state index in [1.807, 2.05) is 19.2 Å². The lowest BCUT2D eigenvalue weighted by atomic mass is 10.0. The van der Waals surface area contributed by atoms with E-state index >= 15 is 0 Å². The number of nitrogens with zero attached hydrogens (tertiary/aromatic N) is 1. The number of nitrogens with two attached hydrogens (primary N) is 1. The van der Waals surface area contributed by atoms with Crippen LogP contribution in [-0.4, -0.2) is 13.1 Å². The highest BCUT2D eigenvalue weighted by Crippen LogP contribution is 2.31. The first-order valence-electron chi connectivity index (χ1n) is 8.13. The molecule has 4 N–H and O–H groups in total. The number of urea groups is 1. The molecule has 5 heteroatoms. The molecule has 0 atom stereocenters. The number of aryl methyl sites for hydroxylation is 3. The zero-order valence-electron chi connectivity index (χ0n) is 14.8. The standard InChI is InChI=1S/C19H26N4O/c1-5-15-7-6-8-17(21-19(24)22-20)18(15)23(4)12-16-11-13(2)9-10-14(16)3/h6-11H,5,12,20H2,1-4H3,(H2,21,22,24). The number of anilines is 2. The van der Waals surface area contributed by atoms with Crippen molar-refractivity contribution in [3.63, 3.8) is 0 Å². The molecule has 2 amide bonds. The predicted octanol–water partition coefficient (Wildman–Crippen LogP) is 3.50. The van der Waals surface area contributed by atoms with Gasteiger partial charge in [-0.1, -0.05) is 42.8 Å². The minimum absolute atomic E-state index is 0.426. The van der Waals surface area contributed by atoms with E-state index in [9.17, 15) is 4.79 Å². The summed E-state index contributed by atoms with van der Waals surface area (Å²) in [5.41, 5.74) is 8.85. The molecule has 128 valence electrons. The Morgan fingerprint density at radius 2 is 1.92 bits per heavy atom. The molecule has 0 saturated heterocycles. The molecule has 0 heterocycles. The van der Waals surface area contributed by atoms with Crippen LogP contribution in [0.4, 0.5) is 16.2 Å². The van der Waals surface area contributed by atoms with Crippen molar-refractivity contribution in [3.8, 4) is 0 Å². The monoisotopic (exact) mass is 326 g/mol. The summed E-state index contributed by atoms with van der Waals surface area (Å²) in [5.74, 6) is 5.20. The predicted molar refractivity (Wildman–Crippen MR) is 100 cm³/mol. The van der Waals surface area contributed by atoms with Crippen LogP contribution in [0.15, 0.2) is 36.4 Å². The van der Waals surface area contributed by atoms with Gasteiger partial charge in [0.15, 0.2) is 0 Å². The molecule has 0 aromatic heterocycles. The number of hydrogen-bond donors (Lipinski definition) is 3. The molecule has 0 unspecified atom stereocenters. The summed E-state index contributed by atoms with van der Waals surface area (Å²) >= 11 is 0. The molecule has 0 radical (unpaired) electrons. The highest BCUT2D eigenvalue weighted by Gasteiger charge is 2.15. The Balaban J connectivity index is 2.38. The van der Waals surface area contributed by atoms with Crippen molar-refractivity contribution in [2.45, 2.75) is 33.7 Å². The number of amides is 2. The lowest BCUT2D eigenvalue weighted by Crippen LogP contribution is -2.35. The smallest absolute Gasteiger partial charge is 0.333 e. The summed E-state index contributed by atoms with van der Waals surface area (Å²) < 4.78 is 0. The van der Waals surface area contributed by atoms with Crippen LogP contribution in [0.1, 0.15) is 29.2 Å². The average molecular weight is 326 g/mol. The second-order valence-electron chi connectivity index (χ2n) is 6.05. The molecule has 5 nitrogen and oxygen atoms in total. The second-order valence-corrected chi connectivity index (χ2v) is 6.05. The van der Waals surface area contributed by atoms with Gasteiger partial charge in [-0.25, -0.2) is 10.6 Å². The largest absolute Gasteiger partial charge is 0.368 e. The zero-order chi connectivity index (χ0) is 17.7. The van der Waals surface area contributed by atoms with Crippen LogP contribution >= 0.6 is 0 Å². The van der Waals surface area contributed by atoms with Crippen molar-refractivity contribution in [1.29, 1.82) is 0 Å². The van der Waals surface area contributed by atoms with E-state index in [2.05, 4.69) is 60.7 Å². The summed E-state index contributed by atoms with van der Waals surface area (Å²) in [6.45, 7) is 7.09. The molecule has 2 aromatic carbocycles. The Bertz CT molecular complexity index is 727. The first kappa shape index (κ1) is 17.8. The Morgan fingerprint density at radius 3 is 2.58 bits per heavy atom. The molecular formula is C19H26N4O. The molecule has 0 bridgehead atoms. The summed E-state index contributed by atoms with van der Waals surface area (Å²) in [5, 5.41) is 2.81. The van der Waals surface area contributed by atoms with Gasteiger partial charge in [0.25, 0.3) is 0 Å². The minimum Gasteiger partial charge on any atom is -0.368 e. The molecular weight excluding hydrogens is 300 g/mol. The highest BCUT2D eigenvalue weighted by atomic mass is 16.2. The number of hydrogen-bond acceptors (Lipinski definition) is 3. The molecule has 0 aliphatic heterocycles. The third kappa shape index (κ3) is 4.06. The van der Waals surface area contributed by atoms with E-state index in [1.54, 1.807) is 0 Å². The van der Waals surface area contributed by atoms with Crippen LogP contribution in [0, 0.1) is 13.8 Å². The van der Waals surface area contributed by atoms with Gasteiger partial charge in [0.05, 0.1) is 11.4 Å². The topological polar surface area (TPSA) is 70.4 Å². The maximum atomic E-state index is 11.6. The highest BCUT2D eigenvalue weighted by molar-refractivity contribution is 5.93. The Labute approximate surface area is 143 Å². The number of carbonyl (C=O) groups is 1. The Kier molecular flexibility index (Phi) is 5.82. The fourth-order valence-electron chi connectivity index (χ4n) is 2.89. The van der Waals surface area contributed by atoms with Crippen LogP contribution in [0.5, 0.6) is 0 Å². The quantitative estimate of drug-likeness (QED) is 0.447. The van der Waals surface area contributed by atoms with E-state index in [4.69, 9.17) is 5.84 Å². The van der Waals surface area contributed by atoms with E-state index < -0.39 is 6.03 Å². The van der Waals surface area contributed by atoms with Crippen LogP contribution in [0.25, 0.3) is 0 Å². The normalized spacial score (nSPS) is 10.4. The summed E-state index contributed by atoms with van der Waals surface area (Å²) in [6, 6.07) is 12.0. The molecule has 2 rings (SSSR count). The van der Waals surface area contributed by atoms with Crippen LogP contribution in [0.3, 0.4) is 0 Å². The van der Waals surface area contributed by atoms with E-state index in [1.165, 1.54) is 22.3 Å². The van der Waals surface area contributed by atoms with Crippen LogP contribution in [0.2, 0.25) is 0 Å². The molecule has 24 heavy (non-hydrogen) atoms. The van der Waals surface area contributed by atoms with Crippen molar-refractivity contribution >= 4 is 17.4 Å². The van der Waals surface area contributed by atoms with Gasteiger partial charge in [0.2, 0.25) is 0 Å². The third-order valence-corrected chi connectivity index (χ3v) is 4.17. The Morgan fingerprint density at radius 1 is 1.17 bits per heavy atom. The number of nitrogens with one attached hydrogen (secondary N) is 2. The van der Waals surface area contributed by atoms with Crippen molar-refractivity contribution in [2.24, 2.45) is 5.84 Å². The van der Waals surface area contributed by atoms with Crippen molar-refractivity contribution in [3.05, 3.63) is 58.7 Å². The van der Waals surface area contributed by atoms with Gasteiger partial charge >= 0.3 is 6.03 Å². The first-order chi connectivity index (χ1) is 11.5. The lowest BCUT2D eigenvalue weighted by Gasteiger charge is -2.26. The molecule has 0 spiro atoms. The average Bonchev–Trinajstić information content (AvgIpc) is 2.57. The number of rotatable bonds is 5. The SMILES string of the molecule is CCc1cccc(NC(=O)NN)c1N(C)Cc1cc(C)ccc1C. The molecule has 0 saturated carbocycles. The van der Waals surface area contributed by atoms with E-state index in [0.717, 1.165) is 24.3 Å². The Hall–Kier alpha value is -2.53. The van der Waals surface area contributed by atoms with E-state index in [-0.39, 0.29) is 0 Å². The second kappa shape index (κ2) is 7.84. The van der Waals surface area contributed by atoms with Gasteiger partial charge < -0.3 is 10.2 Å². The van der Waals surface area contributed by atoms with Gasteiger partial charge in [-0.05, 0) is 43.0 Å². The van der Waals surface area contributed by atoms with Gasteiger partial charge in [0.1, 0.15) is 0 Å². The van der Waals surface area contributed by atoms with Crippen LogP contribution in [-0.2, 0) is 13.0 Å². The maximum absolute atomic E-state index is 11.6. The lowest BCUT2D eigenvalue weighted by molar-refractivity contribution is 0.252. The molecule has 2 aromatic rings. The van der Waals surface area contributed by atoms with Gasteiger partial charge in [-0.2, -0.15) is 0 Å². The molecule has 0 aliphatic carbocycles. The fourth-order valence-corrected chi connectivity index (χ4v) is 2.89. The number of carbonyl (C=O) groups excluding carboxylic acids is 1. The van der Waals surface area contributed by atoms with Gasteiger partial charge in [-0.3, -0.25) is 5.43 Å². The first-order valence-corrected chi connectivity index (χ1v) is 8.13. The zero-order valence-corrected chi connectivity index (χ0v) is 14.8. The fraction of sp³-hybridized carbons (Fsp3) is 0.316. The number of hydrazine groups is 1. The number of benzene rings is 2. The van der Waals surface area contributed by atoms with Gasteiger partial charge in [0, 0.05) is 13.6 Å². The third-order valence-electron chi connectivity index (χ3n) is 4.17. The summed E-state index contributed by atoms with van der Waals surface area (Å²) in [6.07, 6.45) is 0.881. The minimum atomic E-state index is -0.426. The van der Waals surface area contributed by atoms with Crippen molar-refractivity contribution in [2.75, 3.05) is 17.3 Å².